The molecule has 0 heterocycles. The monoisotopic (exact) mass is 431 g/mol. The minimum Gasteiger partial charge on any atom is -0.463 e. The molecule has 0 saturated carbocycles. The van der Waals surface area contributed by atoms with Gasteiger partial charge in [0.15, 0.2) is 6.10 Å². The molecule has 0 rings (SSSR count). The molecule has 0 bridgehead atoms. The van der Waals surface area contributed by atoms with Crippen LogP contribution in [0.5, 0.6) is 0 Å². The summed E-state index contributed by atoms with van der Waals surface area (Å²) in [7, 11) is 0. The maximum Gasteiger partial charge on any atom is 0.303 e. The molecule has 0 fully saturated rings. The number of hydrogen-bond acceptors (Lipinski definition) is 9. The molecule has 0 spiro atoms. The second kappa shape index (κ2) is 16.0. The Morgan fingerprint density at radius 3 is 2.24 bits per heavy atom. The van der Waals surface area contributed by atoms with Crippen molar-refractivity contribution in [2.24, 2.45) is 4.99 Å². The fraction of sp³-hybridized carbons (Fsp3) is 0.700. The summed E-state index contributed by atoms with van der Waals surface area (Å²) in [4.78, 5) is 38.5. The number of ether oxygens (including phenoxy) is 4. The van der Waals surface area contributed by atoms with E-state index in [-0.39, 0.29) is 13.2 Å². The number of allylic oxidation sites excluding steroid dienone is 2. The van der Waals surface area contributed by atoms with Crippen LogP contribution in [-0.4, -0.2) is 67.3 Å². The van der Waals surface area contributed by atoms with Gasteiger partial charge in [0.25, 0.3) is 0 Å². The summed E-state index contributed by atoms with van der Waals surface area (Å²) < 4.78 is 21.3. The van der Waals surface area contributed by atoms with E-state index in [1.165, 1.54) is 20.8 Å². The number of esters is 3. The van der Waals surface area contributed by atoms with Crippen molar-refractivity contribution >= 4 is 34.7 Å². The van der Waals surface area contributed by atoms with Crippen molar-refractivity contribution in [3.8, 4) is 0 Å². The average molecular weight is 432 g/mol. The molecule has 0 aliphatic rings. The van der Waals surface area contributed by atoms with Crippen LogP contribution in [-0.2, 0) is 33.3 Å². The first-order chi connectivity index (χ1) is 13.7. The van der Waals surface area contributed by atoms with E-state index in [0.717, 1.165) is 17.9 Å². The van der Waals surface area contributed by atoms with Gasteiger partial charge in [0.05, 0.1) is 18.2 Å². The lowest BCUT2D eigenvalue weighted by Gasteiger charge is -2.30. The lowest BCUT2D eigenvalue weighted by atomic mass is 10.1. The van der Waals surface area contributed by atoms with Crippen LogP contribution in [0.2, 0.25) is 0 Å². The molecule has 0 unspecified atom stereocenters. The summed E-state index contributed by atoms with van der Waals surface area (Å²) in [6.07, 6.45) is 5.32. The molecule has 0 N–H and O–H groups in total. The van der Waals surface area contributed by atoms with Crippen LogP contribution in [0.1, 0.15) is 47.5 Å². The van der Waals surface area contributed by atoms with Crippen molar-refractivity contribution in [2.75, 3.05) is 26.0 Å². The summed E-state index contributed by atoms with van der Waals surface area (Å²) in [6.45, 7) is 7.83. The molecular formula is C20H33NO7S. The molecule has 3 atom stereocenters. The first-order valence-electron chi connectivity index (χ1n) is 9.49. The van der Waals surface area contributed by atoms with Gasteiger partial charge in [-0.05, 0) is 32.9 Å². The fourth-order valence-electron chi connectivity index (χ4n) is 2.43. The van der Waals surface area contributed by atoms with E-state index in [1.807, 2.05) is 19.3 Å². The van der Waals surface area contributed by atoms with Crippen molar-refractivity contribution in [1.82, 2.24) is 0 Å². The highest BCUT2D eigenvalue weighted by Gasteiger charge is 2.33. The predicted molar refractivity (Wildman–Crippen MR) is 113 cm³/mol. The molecule has 9 heteroatoms. The molecule has 0 saturated heterocycles. The molecule has 0 aliphatic heterocycles. The van der Waals surface area contributed by atoms with Crippen molar-refractivity contribution in [3.05, 3.63) is 12.2 Å². The van der Waals surface area contributed by atoms with E-state index < -0.39 is 36.2 Å². The minimum absolute atomic E-state index is 0.140. The third kappa shape index (κ3) is 13.9. The summed E-state index contributed by atoms with van der Waals surface area (Å²) >= 11 is 1.58. The normalized spacial score (nSPS) is 14.9. The van der Waals surface area contributed by atoms with Crippen molar-refractivity contribution in [2.45, 2.75) is 65.8 Å². The second-order valence-electron chi connectivity index (χ2n) is 6.19. The molecule has 166 valence electrons. The Balaban J connectivity index is 5.07. The van der Waals surface area contributed by atoms with E-state index in [4.69, 9.17) is 18.9 Å². The van der Waals surface area contributed by atoms with Crippen LogP contribution in [0, 0.1) is 0 Å². The maximum atomic E-state index is 11.5. The highest BCUT2D eigenvalue weighted by molar-refractivity contribution is 8.13. The smallest absolute Gasteiger partial charge is 0.303 e. The summed E-state index contributed by atoms with van der Waals surface area (Å²) in [5.74, 6) is -1.57. The first-order valence-corrected chi connectivity index (χ1v) is 10.7. The van der Waals surface area contributed by atoms with E-state index in [0.29, 0.717) is 6.54 Å². The SMILES string of the molecule is CC=CCCC(=NCCO[C@H](COC(C)=O)[C@@H](OC(C)=O)[C@@H](C)OC(C)=O)SC. The number of thioether (sulfide) groups is 1. The molecule has 0 aromatic heterocycles. The molecule has 0 radical (unpaired) electrons. The third-order valence-electron chi connectivity index (χ3n) is 3.64. The molecule has 0 aliphatic carbocycles. The fourth-order valence-corrected chi connectivity index (χ4v) is 2.97. The standard InChI is InChI=1S/C20H33NO7S/c1-7-8-9-10-19(29-6)21-11-12-25-18(13-26-15(3)22)20(28-17(5)24)14(2)27-16(4)23/h7-8,14,18,20H,9-13H2,1-6H3/t14-,18-,20+/m1/s1. The van der Waals surface area contributed by atoms with Gasteiger partial charge in [0.2, 0.25) is 0 Å². The first kappa shape index (κ1) is 27.1. The van der Waals surface area contributed by atoms with Crippen LogP contribution in [0.3, 0.4) is 0 Å². The van der Waals surface area contributed by atoms with E-state index >= 15 is 0 Å². The van der Waals surface area contributed by atoms with Gasteiger partial charge in [-0.25, -0.2) is 0 Å². The van der Waals surface area contributed by atoms with Crippen LogP contribution in [0.4, 0.5) is 0 Å². The minimum atomic E-state index is -0.922. The Labute approximate surface area is 177 Å². The Kier molecular flexibility index (Phi) is 15.0. The van der Waals surface area contributed by atoms with Gasteiger partial charge >= 0.3 is 17.9 Å². The van der Waals surface area contributed by atoms with E-state index in [9.17, 15) is 14.4 Å². The summed E-state index contributed by atoms with van der Waals surface area (Å²) in [5.41, 5.74) is 0. The van der Waals surface area contributed by atoms with Gasteiger partial charge in [-0.15, -0.1) is 11.8 Å². The van der Waals surface area contributed by atoms with Gasteiger partial charge in [0.1, 0.15) is 18.8 Å². The van der Waals surface area contributed by atoms with E-state index in [1.54, 1.807) is 18.7 Å². The van der Waals surface area contributed by atoms with Crippen molar-refractivity contribution < 1.29 is 33.3 Å². The Hall–Kier alpha value is -1.87. The lowest BCUT2D eigenvalue weighted by Crippen LogP contribution is -2.45. The third-order valence-corrected chi connectivity index (χ3v) is 4.45. The van der Waals surface area contributed by atoms with Crippen LogP contribution >= 0.6 is 11.8 Å². The Bertz CT molecular complexity index is 577. The van der Waals surface area contributed by atoms with Crippen molar-refractivity contribution in [1.29, 1.82) is 0 Å². The second-order valence-corrected chi connectivity index (χ2v) is 7.07. The maximum absolute atomic E-state index is 11.5. The zero-order valence-electron chi connectivity index (χ0n) is 18.1. The quantitative estimate of drug-likeness (QED) is 0.110. The highest BCUT2D eigenvalue weighted by atomic mass is 32.2. The van der Waals surface area contributed by atoms with Gasteiger partial charge in [-0.2, -0.15) is 0 Å². The molecule has 8 nitrogen and oxygen atoms in total. The Morgan fingerprint density at radius 1 is 1.07 bits per heavy atom. The van der Waals surface area contributed by atoms with Gasteiger partial charge in [-0.3, -0.25) is 19.4 Å². The van der Waals surface area contributed by atoms with Gasteiger partial charge in [0, 0.05) is 20.8 Å². The molecular weight excluding hydrogens is 398 g/mol. The average Bonchev–Trinajstić information content (AvgIpc) is 2.63. The van der Waals surface area contributed by atoms with E-state index in [2.05, 4.69) is 11.1 Å². The number of hydrogen-bond donors (Lipinski definition) is 0. The number of carbonyl (C=O) groups excluding carboxylic acids is 3. The molecule has 0 aromatic carbocycles. The zero-order valence-corrected chi connectivity index (χ0v) is 19.0. The molecule has 29 heavy (non-hydrogen) atoms. The van der Waals surface area contributed by atoms with Crippen LogP contribution in [0.15, 0.2) is 17.1 Å². The molecule has 0 amide bonds. The lowest BCUT2D eigenvalue weighted by molar-refractivity contribution is -0.182. The summed E-state index contributed by atoms with van der Waals surface area (Å²) in [6, 6.07) is 0. The Morgan fingerprint density at radius 2 is 1.72 bits per heavy atom. The topological polar surface area (TPSA) is 100 Å². The summed E-state index contributed by atoms with van der Waals surface area (Å²) in [5, 5.41) is 1.01. The number of carbonyl (C=O) groups is 3. The van der Waals surface area contributed by atoms with Crippen molar-refractivity contribution in [3.63, 3.8) is 0 Å². The predicted octanol–water partition coefficient (Wildman–Crippen LogP) is 2.94. The van der Waals surface area contributed by atoms with Gasteiger partial charge in [-0.1, -0.05) is 12.2 Å². The van der Waals surface area contributed by atoms with Crippen LogP contribution in [0.25, 0.3) is 0 Å². The largest absolute Gasteiger partial charge is 0.463 e. The zero-order chi connectivity index (χ0) is 22.2. The molecule has 0 aromatic rings. The number of nitrogens with zero attached hydrogens (tertiary/aromatic N) is 1. The number of rotatable bonds is 13. The van der Waals surface area contributed by atoms with Gasteiger partial charge < -0.3 is 18.9 Å². The highest BCUT2D eigenvalue weighted by Crippen LogP contribution is 2.15. The number of aliphatic imine (C=N–C) groups is 1. The van der Waals surface area contributed by atoms with Crippen LogP contribution < -0.4 is 0 Å².